The molecule has 0 radical (unpaired) electrons. The number of carboxylic acid groups (broad SMARTS) is 1. The maximum absolute atomic E-state index is 11.3. The summed E-state index contributed by atoms with van der Waals surface area (Å²) in [4.78, 5) is 16.1. The van der Waals surface area contributed by atoms with Crippen LogP contribution in [0.25, 0.3) is 0 Å². The minimum atomic E-state index is -0.624. The molecule has 20 heavy (non-hydrogen) atoms. The van der Waals surface area contributed by atoms with Crippen LogP contribution in [0.15, 0.2) is 0 Å². The fraction of sp³-hybridized carbons (Fsp3) is 0.938. The van der Waals surface area contributed by atoms with Crippen molar-refractivity contribution in [2.45, 2.75) is 64.5 Å². The topological polar surface area (TPSA) is 43.8 Å². The summed E-state index contributed by atoms with van der Waals surface area (Å²) < 4.78 is 0. The zero-order chi connectivity index (χ0) is 14.5. The summed E-state index contributed by atoms with van der Waals surface area (Å²) in [6.07, 6.45) is 6.75. The number of nitrogens with zero attached hydrogens (tertiary/aromatic N) is 2. The summed E-state index contributed by atoms with van der Waals surface area (Å²) in [5.41, 5.74) is 0. The van der Waals surface area contributed by atoms with Gasteiger partial charge in [-0.1, -0.05) is 20.3 Å². The van der Waals surface area contributed by atoms with E-state index in [1.165, 1.54) is 19.4 Å². The SMILES string of the molecule is CCCC(C)CN1CCC(N2CCCC2C(=O)O)CC1. The smallest absolute Gasteiger partial charge is 0.320 e. The van der Waals surface area contributed by atoms with Crippen molar-refractivity contribution < 1.29 is 9.90 Å². The molecule has 0 spiro atoms. The Balaban J connectivity index is 1.78. The van der Waals surface area contributed by atoms with E-state index in [-0.39, 0.29) is 6.04 Å². The highest BCUT2D eigenvalue weighted by Gasteiger charge is 2.36. The van der Waals surface area contributed by atoms with E-state index in [0.717, 1.165) is 51.2 Å². The number of rotatable bonds is 6. The van der Waals surface area contributed by atoms with Gasteiger partial charge in [0.25, 0.3) is 0 Å². The molecule has 0 amide bonds. The highest BCUT2D eigenvalue weighted by Crippen LogP contribution is 2.26. The molecular formula is C16H30N2O2. The van der Waals surface area contributed by atoms with E-state index in [1.807, 2.05) is 0 Å². The summed E-state index contributed by atoms with van der Waals surface area (Å²) in [5.74, 6) is 0.164. The van der Waals surface area contributed by atoms with Crippen molar-refractivity contribution in [2.75, 3.05) is 26.2 Å². The normalized spacial score (nSPS) is 27.8. The summed E-state index contributed by atoms with van der Waals surface area (Å²) in [5, 5.41) is 9.29. The Labute approximate surface area is 123 Å². The van der Waals surface area contributed by atoms with Gasteiger partial charge in [-0.25, -0.2) is 0 Å². The van der Waals surface area contributed by atoms with Gasteiger partial charge in [0.1, 0.15) is 6.04 Å². The quantitative estimate of drug-likeness (QED) is 0.812. The van der Waals surface area contributed by atoms with Crippen molar-refractivity contribution in [3.8, 4) is 0 Å². The molecule has 4 heteroatoms. The maximum atomic E-state index is 11.3. The Morgan fingerprint density at radius 2 is 1.95 bits per heavy atom. The molecule has 0 aromatic heterocycles. The van der Waals surface area contributed by atoms with Crippen LogP contribution in [0, 0.1) is 5.92 Å². The van der Waals surface area contributed by atoms with Gasteiger partial charge in [-0.05, 0) is 57.7 Å². The molecular weight excluding hydrogens is 252 g/mol. The number of likely N-dealkylation sites (tertiary alicyclic amines) is 2. The number of aliphatic carboxylic acids is 1. The second-order valence-corrected chi connectivity index (χ2v) is 6.66. The average Bonchev–Trinajstić information content (AvgIpc) is 2.89. The van der Waals surface area contributed by atoms with Gasteiger partial charge in [-0.15, -0.1) is 0 Å². The number of carboxylic acids is 1. The predicted molar refractivity (Wildman–Crippen MR) is 80.9 cm³/mol. The van der Waals surface area contributed by atoms with Crippen molar-refractivity contribution >= 4 is 5.97 Å². The van der Waals surface area contributed by atoms with Crippen molar-refractivity contribution in [3.63, 3.8) is 0 Å². The Hall–Kier alpha value is -0.610. The second kappa shape index (κ2) is 7.41. The molecule has 116 valence electrons. The summed E-state index contributed by atoms with van der Waals surface area (Å²) in [6.45, 7) is 9.07. The highest BCUT2D eigenvalue weighted by atomic mass is 16.4. The minimum Gasteiger partial charge on any atom is -0.480 e. The third-order valence-corrected chi connectivity index (χ3v) is 4.96. The molecule has 2 aliphatic rings. The first-order valence-electron chi connectivity index (χ1n) is 8.32. The third kappa shape index (κ3) is 3.95. The zero-order valence-corrected chi connectivity index (χ0v) is 13.1. The van der Waals surface area contributed by atoms with Crippen LogP contribution >= 0.6 is 0 Å². The van der Waals surface area contributed by atoms with Crippen LogP contribution in [0.4, 0.5) is 0 Å². The van der Waals surface area contributed by atoms with Crippen LogP contribution in [0.2, 0.25) is 0 Å². The van der Waals surface area contributed by atoms with Gasteiger partial charge >= 0.3 is 5.97 Å². The van der Waals surface area contributed by atoms with Gasteiger partial charge in [0.2, 0.25) is 0 Å². The minimum absolute atomic E-state index is 0.217. The number of hydrogen-bond donors (Lipinski definition) is 1. The summed E-state index contributed by atoms with van der Waals surface area (Å²) in [7, 11) is 0. The molecule has 0 aromatic carbocycles. The van der Waals surface area contributed by atoms with Crippen LogP contribution in [0.1, 0.15) is 52.4 Å². The lowest BCUT2D eigenvalue weighted by atomic mass is 9.99. The number of carbonyl (C=O) groups is 1. The average molecular weight is 282 g/mol. The number of hydrogen-bond acceptors (Lipinski definition) is 3. The maximum Gasteiger partial charge on any atom is 0.320 e. The fourth-order valence-corrected chi connectivity index (χ4v) is 3.95. The molecule has 1 N–H and O–H groups in total. The molecule has 2 atom stereocenters. The molecule has 4 nitrogen and oxygen atoms in total. The Kier molecular flexibility index (Phi) is 5.85. The molecule has 2 rings (SSSR count). The van der Waals surface area contributed by atoms with E-state index in [9.17, 15) is 9.90 Å². The predicted octanol–water partition coefficient (Wildman–Crippen LogP) is 2.44. The van der Waals surface area contributed by atoms with Crippen molar-refractivity contribution in [2.24, 2.45) is 5.92 Å². The van der Waals surface area contributed by atoms with Gasteiger partial charge in [0.05, 0.1) is 0 Å². The van der Waals surface area contributed by atoms with E-state index < -0.39 is 5.97 Å². The lowest BCUT2D eigenvalue weighted by molar-refractivity contribution is -0.143. The van der Waals surface area contributed by atoms with Crippen molar-refractivity contribution in [1.82, 2.24) is 9.80 Å². The standard InChI is InChI=1S/C16H30N2O2/c1-3-5-13(2)12-17-10-7-14(8-11-17)18-9-4-6-15(18)16(19)20/h13-15H,3-12H2,1-2H3,(H,19,20). The monoisotopic (exact) mass is 282 g/mol. The van der Waals surface area contributed by atoms with E-state index in [2.05, 4.69) is 23.6 Å². The third-order valence-electron chi connectivity index (χ3n) is 4.96. The first-order chi connectivity index (χ1) is 9.61. The largest absolute Gasteiger partial charge is 0.480 e. The van der Waals surface area contributed by atoms with E-state index in [1.54, 1.807) is 0 Å². The lowest BCUT2D eigenvalue weighted by Crippen LogP contribution is -2.49. The van der Waals surface area contributed by atoms with Gasteiger partial charge in [-0.3, -0.25) is 9.69 Å². The molecule has 0 aliphatic carbocycles. The molecule has 0 aromatic rings. The van der Waals surface area contributed by atoms with Crippen LogP contribution < -0.4 is 0 Å². The summed E-state index contributed by atoms with van der Waals surface area (Å²) in [6, 6.07) is 0.280. The second-order valence-electron chi connectivity index (χ2n) is 6.66. The molecule has 2 heterocycles. The van der Waals surface area contributed by atoms with Crippen molar-refractivity contribution in [1.29, 1.82) is 0 Å². The fourth-order valence-electron chi connectivity index (χ4n) is 3.95. The zero-order valence-electron chi connectivity index (χ0n) is 13.1. The molecule has 2 aliphatic heterocycles. The van der Waals surface area contributed by atoms with Crippen LogP contribution in [0.3, 0.4) is 0 Å². The molecule has 0 saturated carbocycles. The Morgan fingerprint density at radius 3 is 2.55 bits per heavy atom. The van der Waals surface area contributed by atoms with Crippen LogP contribution in [0.5, 0.6) is 0 Å². The lowest BCUT2D eigenvalue weighted by Gasteiger charge is -2.39. The van der Waals surface area contributed by atoms with E-state index >= 15 is 0 Å². The van der Waals surface area contributed by atoms with Crippen molar-refractivity contribution in [3.05, 3.63) is 0 Å². The molecule has 2 unspecified atom stereocenters. The first kappa shape index (κ1) is 15.8. The Morgan fingerprint density at radius 1 is 1.25 bits per heavy atom. The van der Waals surface area contributed by atoms with Gasteiger partial charge in [0.15, 0.2) is 0 Å². The van der Waals surface area contributed by atoms with Gasteiger partial charge < -0.3 is 10.0 Å². The van der Waals surface area contributed by atoms with Gasteiger partial charge in [0, 0.05) is 12.6 Å². The van der Waals surface area contributed by atoms with Gasteiger partial charge in [-0.2, -0.15) is 0 Å². The van der Waals surface area contributed by atoms with E-state index in [0.29, 0.717) is 6.04 Å². The first-order valence-corrected chi connectivity index (χ1v) is 8.32. The van der Waals surface area contributed by atoms with E-state index in [4.69, 9.17) is 0 Å². The molecule has 0 bridgehead atoms. The summed E-state index contributed by atoms with van der Waals surface area (Å²) >= 11 is 0. The highest BCUT2D eigenvalue weighted by molar-refractivity contribution is 5.73. The molecule has 2 fully saturated rings. The Bertz CT molecular complexity index is 314. The molecule has 2 saturated heterocycles. The number of piperidine rings is 1. The van der Waals surface area contributed by atoms with Crippen LogP contribution in [-0.2, 0) is 4.79 Å². The van der Waals surface area contributed by atoms with Crippen LogP contribution in [-0.4, -0.2) is 59.1 Å².